The fourth-order valence-electron chi connectivity index (χ4n) is 3.19. The van der Waals surface area contributed by atoms with Gasteiger partial charge >= 0.3 is 0 Å². The van der Waals surface area contributed by atoms with Crippen LogP contribution >= 0.6 is 0 Å². The minimum Gasteiger partial charge on any atom is -0.497 e. The molecule has 1 N–H and O–H groups in total. The van der Waals surface area contributed by atoms with Crippen LogP contribution in [-0.4, -0.2) is 27.7 Å². The van der Waals surface area contributed by atoms with Crippen molar-refractivity contribution in [3.8, 4) is 17.0 Å². The minimum atomic E-state index is 0.550. The Morgan fingerprint density at radius 2 is 1.91 bits per heavy atom. The molecule has 23 heavy (non-hydrogen) atoms. The van der Waals surface area contributed by atoms with E-state index in [1.54, 1.807) is 7.11 Å². The Morgan fingerprint density at radius 3 is 2.65 bits per heavy atom. The van der Waals surface area contributed by atoms with Crippen molar-refractivity contribution in [1.82, 2.24) is 14.6 Å². The monoisotopic (exact) mass is 308 g/mol. The smallest absolute Gasteiger partial charge is 0.157 e. The van der Waals surface area contributed by atoms with E-state index in [0.717, 1.165) is 28.5 Å². The van der Waals surface area contributed by atoms with Gasteiger partial charge in [-0.2, -0.15) is 9.61 Å². The molecule has 118 valence electrons. The lowest BCUT2D eigenvalue weighted by atomic mass is 10.1. The van der Waals surface area contributed by atoms with Crippen LogP contribution in [0.2, 0.25) is 0 Å². The molecular weight excluding hydrogens is 288 g/mol. The Morgan fingerprint density at radius 1 is 1.13 bits per heavy atom. The van der Waals surface area contributed by atoms with Gasteiger partial charge in [-0.25, -0.2) is 4.98 Å². The van der Waals surface area contributed by atoms with Crippen LogP contribution in [0, 0.1) is 0 Å². The molecule has 1 fully saturated rings. The molecule has 2 heterocycles. The Bertz CT molecular complexity index is 804. The maximum absolute atomic E-state index is 5.21. The predicted octanol–water partition coefficient (Wildman–Crippen LogP) is 3.76. The van der Waals surface area contributed by atoms with Crippen LogP contribution < -0.4 is 10.1 Å². The highest BCUT2D eigenvalue weighted by molar-refractivity contribution is 5.66. The number of methoxy groups -OCH3 is 1. The van der Waals surface area contributed by atoms with Gasteiger partial charge in [0.2, 0.25) is 0 Å². The Hall–Kier alpha value is -2.56. The highest BCUT2D eigenvalue weighted by Crippen LogP contribution is 2.25. The second kappa shape index (κ2) is 5.91. The van der Waals surface area contributed by atoms with E-state index < -0.39 is 0 Å². The van der Waals surface area contributed by atoms with Crippen molar-refractivity contribution >= 4 is 11.5 Å². The zero-order chi connectivity index (χ0) is 15.6. The molecule has 0 saturated heterocycles. The number of fused-ring (bicyclic) bond motifs is 1. The number of ether oxygens (including phenoxy) is 1. The van der Waals surface area contributed by atoms with Gasteiger partial charge in [-0.1, -0.05) is 12.8 Å². The van der Waals surface area contributed by atoms with Gasteiger partial charge in [0.15, 0.2) is 5.65 Å². The standard InChI is InChI=1S/C18H20N4O/c1-23-15-8-6-13(7-9-15)16-12-18-19-11-10-17(22(18)21-16)20-14-4-2-3-5-14/h6-12,14,20H,2-5H2,1H3. The highest BCUT2D eigenvalue weighted by Gasteiger charge is 2.16. The van der Waals surface area contributed by atoms with Crippen LogP contribution in [0.25, 0.3) is 16.9 Å². The van der Waals surface area contributed by atoms with Gasteiger partial charge in [0, 0.05) is 23.9 Å². The van der Waals surface area contributed by atoms with Crippen molar-refractivity contribution in [2.24, 2.45) is 0 Å². The first-order chi connectivity index (χ1) is 11.3. The molecule has 1 aliphatic carbocycles. The van der Waals surface area contributed by atoms with Gasteiger partial charge in [-0.3, -0.25) is 0 Å². The van der Waals surface area contributed by atoms with Gasteiger partial charge in [-0.15, -0.1) is 0 Å². The van der Waals surface area contributed by atoms with E-state index in [1.807, 2.05) is 47.1 Å². The number of aromatic nitrogens is 3. The fourth-order valence-corrected chi connectivity index (χ4v) is 3.19. The van der Waals surface area contributed by atoms with Crippen LogP contribution in [0.1, 0.15) is 25.7 Å². The highest BCUT2D eigenvalue weighted by atomic mass is 16.5. The number of benzene rings is 1. The topological polar surface area (TPSA) is 51.5 Å². The first-order valence-electron chi connectivity index (χ1n) is 8.09. The predicted molar refractivity (Wildman–Crippen MR) is 90.9 cm³/mol. The summed E-state index contributed by atoms with van der Waals surface area (Å²) in [7, 11) is 1.67. The largest absolute Gasteiger partial charge is 0.497 e. The fraction of sp³-hybridized carbons (Fsp3) is 0.333. The molecule has 1 saturated carbocycles. The summed E-state index contributed by atoms with van der Waals surface area (Å²) in [5.41, 5.74) is 2.84. The van der Waals surface area contributed by atoms with E-state index in [2.05, 4.69) is 10.3 Å². The van der Waals surface area contributed by atoms with Crippen molar-refractivity contribution in [3.63, 3.8) is 0 Å². The normalized spacial score (nSPS) is 15.2. The van der Waals surface area contributed by atoms with Crippen LogP contribution in [0.4, 0.5) is 5.82 Å². The summed E-state index contributed by atoms with van der Waals surface area (Å²) in [6, 6.07) is 12.5. The lowest BCUT2D eigenvalue weighted by molar-refractivity contribution is 0.415. The average Bonchev–Trinajstić information content (AvgIpc) is 3.25. The SMILES string of the molecule is COc1ccc(-c2cc3nccc(NC4CCCC4)n3n2)cc1. The number of nitrogens with one attached hydrogen (secondary N) is 1. The van der Waals surface area contributed by atoms with E-state index in [0.29, 0.717) is 6.04 Å². The molecule has 0 aliphatic heterocycles. The maximum atomic E-state index is 5.21. The van der Waals surface area contributed by atoms with E-state index in [-0.39, 0.29) is 0 Å². The summed E-state index contributed by atoms with van der Waals surface area (Å²) in [4.78, 5) is 4.43. The summed E-state index contributed by atoms with van der Waals surface area (Å²) in [6.07, 6.45) is 6.92. The lowest BCUT2D eigenvalue weighted by Gasteiger charge is -2.13. The number of anilines is 1. The molecule has 1 aliphatic rings. The molecule has 0 radical (unpaired) electrons. The number of hydrogen-bond donors (Lipinski definition) is 1. The van der Waals surface area contributed by atoms with Gasteiger partial charge in [-0.05, 0) is 43.2 Å². The van der Waals surface area contributed by atoms with E-state index in [9.17, 15) is 0 Å². The Kier molecular flexibility index (Phi) is 3.61. The van der Waals surface area contributed by atoms with Crippen LogP contribution in [0.15, 0.2) is 42.6 Å². The first kappa shape index (κ1) is 14.1. The van der Waals surface area contributed by atoms with Gasteiger partial charge < -0.3 is 10.1 Å². The quantitative estimate of drug-likeness (QED) is 0.797. The number of rotatable bonds is 4. The lowest BCUT2D eigenvalue weighted by Crippen LogP contribution is -2.17. The van der Waals surface area contributed by atoms with Crippen molar-refractivity contribution < 1.29 is 4.74 Å². The molecular formula is C18H20N4O. The minimum absolute atomic E-state index is 0.550. The molecule has 1 aromatic carbocycles. The van der Waals surface area contributed by atoms with E-state index in [1.165, 1.54) is 25.7 Å². The molecule has 3 aromatic rings. The first-order valence-corrected chi connectivity index (χ1v) is 8.09. The molecule has 0 spiro atoms. The zero-order valence-electron chi connectivity index (χ0n) is 13.2. The third kappa shape index (κ3) is 2.74. The maximum Gasteiger partial charge on any atom is 0.157 e. The van der Waals surface area contributed by atoms with Crippen LogP contribution in [0.5, 0.6) is 5.75 Å². The van der Waals surface area contributed by atoms with Crippen LogP contribution in [0.3, 0.4) is 0 Å². The Balaban J connectivity index is 1.68. The third-order valence-electron chi connectivity index (χ3n) is 4.45. The summed E-state index contributed by atoms with van der Waals surface area (Å²) in [6.45, 7) is 0. The molecule has 5 heteroatoms. The molecule has 5 nitrogen and oxygen atoms in total. The van der Waals surface area contributed by atoms with Crippen LogP contribution in [-0.2, 0) is 0 Å². The van der Waals surface area contributed by atoms with Crippen molar-refractivity contribution in [1.29, 1.82) is 0 Å². The third-order valence-corrected chi connectivity index (χ3v) is 4.45. The summed E-state index contributed by atoms with van der Waals surface area (Å²) in [5, 5.41) is 8.34. The van der Waals surface area contributed by atoms with Crippen molar-refractivity contribution in [2.45, 2.75) is 31.7 Å². The molecule has 0 atom stereocenters. The van der Waals surface area contributed by atoms with E-state index >= 15 is 0 Å². The summed E-state index contributed by atoms with van der Waals surface area (Å²) >= 11 is 0. The molecule has 2 aromatic heterocycles. The van der Waals surface area contributed by atoms with Crippen molar-refractivity contribution in [3.05, 3.63) is 42.6 Å². The van der Waals surface area contributed by atoms with Gasteiger partial charge in [0.05, 0.1) is 12.8 Å². The van der Waals surface area contributed by atoms with E-state index in [4.69, 9.17) is 9.84 Å². The molecule has 0 unspecified atom stereocenters. The molecule has 4 rings (SSSR count). The van der Waals surface area contributed by atoms with Gasteiger partial charge in [0.1, 0.15) is 11.6 Å². The summed E-state index contributed by atoms with van der Waals surface area (Å²) < 4.78 is 7.11. The van der Waals surface area contributed by atoms with Crippen molar-refractivity contribution in [2.75, 3.05) is 12.4 Å². The Labute approximate surface area is 135 Å². The second-order valence-corrected chi connectivity index (χ2v) is 5.98. The second-order valence-electron chi connectivity index (χ2n) is 5.98. The zero-order valence-corrected chi connectivity index (χ0v) is 13.2. The number of nitrogens with zero attached hydrogens (tertiary/aromatic N) is 3. The van der Waals surface area contributed by atoms with Gasteiger partial charge in [0.25, 0.3) is 0 Å². The average molecular weight is 308 g/mol. The molecule has 0 amide bonds. The summed E-state index contributed by atoms with van der Waals surface area (Å²) in [5.74, 6) is 1.86. The number of hydrogen-bond acceptors (Lipinski definition) is 4. The molecule has 0 bridgehead atoms.